The summed E-state index contributed by atoms with van der Waals surface area (Å²) in [4.78, 5) is 10.7. The number of aryl methyl sites for hydroxylation is 1. The van der Waals surface area contributed by atoms with Crippen molar-refractivity contribution in [3.8, 4) is 5.75 Å². The number of aliphatic hydroxyl groups excluding tert-OH is 1. The summed E-state index contributed by atoms with van der Waals surface area (Å²) in [6.45, 7) is 1.72. The summed E-state index contributed by atoms with van der Waals surface area (Å²) < 4.78 is 5.80. The second-order valence-electron chi connectivity index (χ2n) is 3.08. The van der Waals surface area contributed by atoms with Gasteiger partial charge in [0.25, 0.3) is 0 Å². The van der Waals surface area contributed by atoms with E-state index in [1.165, 1.54) is 7.11 Å². The van der Waals surface area contributed by atoms with Crippen LogP contribution in [0.2, 0.25) is 0 Å². The molecule has 0 fully saturated rings. The normalized spacial score (nSPS) is 12.3. The van der Waals surface area contributed by atoms with Gasteiger partial charge in [0.1, 0.15) is 5.75 Å². The zero-order valence-electron chi connectivity index (χ0n) is 8.32. The molecule has 0 spiro atoms. The van der Waals surface area contributed by atoms with Crippen LogP contribution in [0.15, 0.2) is 16.6 Å². The molecule has 0 aliphatic carbocycles. The fourth-order valence-corrected chi connectivity index (χ4v) is 1.92. The Balaban J connectivity index is 3.32. The Kier molecular flexibility index (Phi) is 3.71. The number of aliphatic hydroxyl groups is 1. The third-order valence-corrected chi connectivity index (χ3v) is 2.50. The number of halogens is 1. The van der Waals surface area contributed by atoms with Crippen LogP contribution in [0.3, 0.4) is 0 Å². The SMILES string of the molecule is COc1cc(Br)cc(C)c1C(O)C(=O)O. The minimum Gasteiger partial charge on any atom is -0.496 e. The van der Waals surface area contributed by atoms with Crippen molar-refractivity contribution in [2.45, 2.75) is 13.0 Å². The van der Waals surface area contributed by atoms with Crippen LogP contribution in [0.5, 0.6) is 5.75 Å². The molecular weight excluding hydrogens is 264 g/mol. The van der Waals surface area contributed by atoms with Crippen LogP contribution < -0.4 is 4.74 Å². The van der Waals surface area contributed by atoms with Gasteiger partial charge in [-0.1, -0.05) is 15.9 Å². The summed E-state index contributed by atoms with van der Waals surface area (Å²) in [6.07, 6.45) is -1.56. The van der Waals surface area contributed by atoms with Crippen molar-refractivity contribution in [1.82, 2.24) is 0 Å². The average molecular weight is 275 g/mol. The van der Waals surface area contributed by atoms with Crippen molar-refractivity contribution in [3.05, 3.63) is 27.7 Å². The molecule has 2 N–H and O–H groups in total. The summed E-state index contributed by atoms with van der Waals surface area (Å²) in [7, 11) is 1.43. The van der Waals surface area contributed by atoms with E-state index in [2.05, 4.69) is 15.9 Å². The molecule has 1 aromatic carbocycles. The molecule has 0 aromatic heterocycles. The Labute approximate surface area is 95.6 Å². The molecule has 0 saturated carbocycles. The fraction of sp³-hybridized carbons (Fsp3) is 0.300. The number of carbonyl (C=O) groups is 1. The van der Waals surface area contributed by atoms with Crippen molar-refractivity contribution >= 4 is 21.9 Å². The van der Waals surface area contributed by atoms with E-state index in [1.807, 2.05) is 0 Å². The largest absolute Gasteiger partial charge is 0.496 e. The van der Waals surface area contributed by atoms with Crippen molar-refractivity contribution < 1.29 is 19.7 Å². The Morgan fingerprint density at radius 3 is 2.60 bits per heavy atom. The smallest absolute Gasteiger partial charge is 0.337 e. The lowest BCUT2D eigenvalue weighted by Crippen LogP contribution is -2.13. The lowest BCUT2D eigenvalue weighted by atomic mass is 10.0. The minimum absolute atomic E-state index is 0.285. The van der Waals surface area contributed by atoms with Gasteiger partial charge in [-0.25, -0.2) is 4.79 Å². The first-order valence-electron chi connectivity index (χ1n) is 4.22. The standard InChI is InChI=1S/C10H11BrO4/c1-5-3-6(11)4-7(15-2)8(5)9(12)10(13)14/h3-4,9,12H,1-2H3,(H,13,14). The van der Waals surface area contributed by atoms with E-state index in [-0.39, 0.29) is 5.56 Å². The quantitative estimate of drug-likeness (QED) is 0.883. The van der Waals surface area contributed by atoms with Gasteiger partial charge in [0.15, 0.2) is 6.10 Å². The van der Waals surface area contributed by atoms with E-state index in [9.17, 15) is 9.90 Å². The van der Waals surface area contributed by atoms with Gasteiger partial charge in [-0.05, 0) is 24.6 Å². The molecule has 15 heavy (non-hydrogen) atoms. The van der Waals surface area contributed by atoms with Gasteiger partial charge in [0, 0.05) is 10.0 Å². The maximum absolute atomic E-state index is 10.7. The molecule has 82 valence electrons. The number of carboxylic acid groups (broad SMARTS) is 1. The van der Waals surface area contributed by atoms with E-state index in [1.54, 1.807) is 19.1 Å². The van der Waals surface area contributed by atoms with Gasteiger partial charge in [-0.2, -0.15) is 0 Å². The number of aliphatic carboxylic acids is 1. The highest BCUT2D eigenvalue weighted by Crippen LogP contribution is 2.32. The van der Waals surface area contributed by atoms with Crippen LogP contribution in [0, 0.1) is 6.92 Å². The first-order chi connectivity index (χ1) is 6.97. The summed E-state index contributed by atoms with van der Waals surface area (Å²) in [6, 6.07) is 3.35. The van der Waals surface area contributed by atoms with E-state index in [0.29, 0.717) is 11.3 Å². The molecule has 0 radical (unpaired) electrons. The highest BCUT2D eigenvalue weighted by atomic mass is 79.9. The van der Waals surface area contributed by atoms with Crippen LogP contribution in [-0.4, -0.2) is 23.3 Å². The molecule has 1 aromatic rings. The van der Waals surface area contributed by atoms with Gasteiger partial charge in [-0.3, -0.25) is 0 Å². The van der Waals surface area contributed by atoms with Gasteiger partial charge in [-0.15, -0.1) is 0 Å². The average Bonchev–Trinajstić information content (AvgIpc) is 2.15. The number of ether oxygens (including phenoxy) is 1. The Morgan fingerprint density at radius 1 is 1.53 bits per heavy atom. The number of carboxylic acids is 1. The zero-order valence-corrected chi connectivity index (χ0v) is 9.91. The van der Waals surface area contributed by atoms with Crippen molar-refractivity contribution in [3.63, 3.8) is 0 Å². The molecule has 0 bridgehead atoms. The second-order valence-corrected chi connectivity index (χ2v) is 4.00. The highest BCUT2D eigenvalue weighted by Gasteiger charge is 2.22. The maximum Gasteiger partial charge on any atom is 0.337 e. The Morgan fingerprint density at radius 2 is 2.13 bits per heavy atom. The van der Waals surface area contributed by atoms with Crippen molar-refractivity contribution in [2.24, 2.45) is 0 Å². The summed E-state index contributed by atoms with van der Waals surface area (Å²) in [5, 5.41) is 18.2. The van der Waals surface area contributed by atoms with Crippen LogP contribution in [0.1, 0.15) is 17.2 Å². The van der Waals surface area contributed by atoms with E-state index >= 15 is 0 Å². The maximum atomic E-state index is 10.7. The van der Waals surface area contributed by atoms with Crippen LogP contribution >= 0.6 is 15.9 Å². The predicted molar refractivity (Wildman–Crippen MR) is 58.0 cm³/mol. The minimum atomic E-state index is -1.56. The van der Waals surface area contributed by atoms with Gasteiger partial charge in [0.2, 0.25) is 0 Å². The zero-order chi connectivity index (χ0) is 11.6. The number of rotatable bonds is 3. The number of benzene rings is 1. The summed E-state index contributed by atoms with van der Waals surface area (Å²) in [5.41, 5.74) is 0.948. The van der Waals surface area contributed by atoms with Crippen LogP contribution in [0.4, 0.5) is 0 Å². The fourth-order valence-electron chi connectivity index (χ4n) is 1.37. The number of hydrogen-bond donors (Lipinski definition) is 2. The van der Waals surface area contributed by atoms with E-state index in [4.69, 9.17) is 9.84 Å². The second kappa shape index (κ2) is 4.63. The highest BCUT2D eigenvalue weighted by molar-refractivity contribution is 9.10. The Bertz CT molecular complexity index is 389. The third-order valence-electron chi connectivity index (χ3n) is 2.04. The van der Waals surface area contributed by atoms with Crippen LogP contribution in [-0.2, 0) is 4.79 Å². The molecule has 4 nitrogen and oxygen atoms in total. The van der Waals surface area contributed by atoms with Gasteiger partial charge >= 0.3 is 5.97 Å². The number of methoxy groups -OCH3 is 1. The predicted octanol–water partition coefficient (Wildman–Crippen LogP) is 1.88. The van der Waals surface area contributed by atoms with Crippen molar-refractivity contribution in [2.75, 3.05) is 7.11 Å². The third kappa shape index (κ3) is 2.49. The molecule has 1 unspecified atom stereocenters. The molecule has 0 amide bonds. The Hall–Kier alpha value is -1.07. The van der Waals surface area contributed by atoms with Crippen LogP contribution in [0.25, 0.3) is 0 Å². The lowest BCUT2D eigenvalue weighted by Gasteiger charge is -2.14. The molecule has 0 aliphatic heterocycles. The van der Waals surface area contributed by atoms with Crippen molar-refractivity contribution in [1.29, 1.82) is 0 Å². The van der Waals surface area contributed by atoms with Gasteiger partial charge in [0.05, 0.1) is 7.11 Å². The molecule has 1 atom stereocenters. The lowest BCUT2D eigenvalue weighted by molar-refractivity contribution is -0.147. The molecule has 5 heteroatoms. The first-order valence-corrected chi connectivity index (χ1v) is 5.01. The van der Waals surface area contributed by atoms with E-state index in [0.717, 1.165) is 4.47 Å². The monoisotopic (exact) mass is 274 g/mol. The summed E-state index contributed by atoms with van der Waals surface area (Å²) >= 11 is 3.27. The van der Waals surface area contributed by atoms with Gasteiger partial charge < -0.3 is 14.9 Å². The molecule has 1 rings (SSSR count). The molecule has 0 saturated heterocycles. The number of hydrogen-bond acceptors (Lipinski definition) is 3. The molecule has 0 aliphatic rings. The van der Waals surface area contributed by atoms with E-state index < -0.39 is 12.1 Å². The molecule has 0 heterocycles. The molecular formula is C10H11BrO4. The summed E-state index contributed by atoms with van der Waals surface area (Å²) in [5.74, 6) is -0.935. The topological polar surface area (TPSA) is 66.8 Å². The first kappa shape index (κ1) is 12.0.